The van der Waals surface area contributed by atoms with Crippen molar-refractivity contribution in [3.63, 3.8) is 0 Å². The van der Waals surface area contributed by atoms with Gasteiger partial charge in [-0.1, -0.05) is 11.6 Å². The molecule has 1 amide bonds. The molecule has 1 aromatic carbocycles. The largest absolute Gasteiger partial charge is 0.449 e. The number of benzene rings is 1. The first-order valence-electron chi connectivity index (χ1n) is 9.76. The van der Waals surface area contributed by atoms with Crippen molar-refractivity contribution in [3.8, 4) is 11.8 Å². The summed E-state index contributed by atoms with van der Waals surface area (Å²) in [7, 11) is 2.06. The number of likely N-dealkylation sites (tertiary alicyclic amines) is 1. The molecule has 1 fully saturated rings. The van der Waals surface area contributed by atoms with Crippen molar-refractivity contribution in [2.24, 2.45) is 0 Å². The van der Waals surface area contributed by atoms with Crippen molar-refractivity contribution < 1.29 is 13.9 Å². The van der Waals surface area contributed by atoms with Crippen LogP contribution >= 0.6 is 11.6 Å². The van der Waals surface area contributed by atoms with Crippen LogP contribution in [0.4, 0.5) is 5.69 Å². The van der Waals surface area contributed by atoms with Gasteiger partial charge in [0, 0.05) is 37.2 Å². The van der Waals surface area contributed by atoms with Crippen LogP contribution in [0, 0.1) is 0 Å². The van der Waals surface area contributed by atoms with E-state index >= 15 is 0 Å². The Bertz CT molecular complexity index is 1360. The molecular formula is C21H17ClN6O3. The van der Waals surface area contributed by atoms with Gasteiger partial charge in [0.2, 0.25) is 17.5 Å². The number of carbonyl (C=O) groups excluding carboxylic acids is 1. The van der Waals surface area contributed by atoms with E-state index in [0.717, 1.165) is 23.9 Å². The Labute approximate surface area is 181 Å². The summed E-state index contributed by atoms with van der Waals surface area (Å²) in [6, 6.07) is 8.83. The van der Waals surface area contributed by atoms with Crippen LogP contribution in [0.25, 0.3) is 21.9 Å². The number of fused-ring (bicyclic) bond motifs is 5. The second-order valence-corrected chi connectivity index (χ2v) is 8.39. The number of hydrogen-bond acceptors (Lipinski definition) is 8. The maximum atomic E-state index is 12.7. The number of amides is 1. The molecule has 0 bridgehead atoms. The zero-order valence-electron chi connectivity index (χ0n) is 16.5. The van der Waals surface area contributed by atoms with Gasteiger partial charge < -0.3 is 24.7 Å². The fraction of sp³-hybridized carbons (Fsp3) is 0.238. The van der Waals surface area contributed by atoms with E-state index in [4.69, 9.17) is 20.8 Å². The summed E-state index contributed by atoms with van der Waals surface area (Å²) in [5, 5.41) is 8.57. The third-order valence-corrected chi connectivity index (χ3v) is 5.85. The lowest BCUT2D eigenvalue weighted by atomic mass is 9.90. The van der Waals surface area contributed by atoms with Crippen molar-refractivity contribution in [1.29, 1.82) is 0 Å². The molecule has 1 saturated heterocycles. The zero-order chi connectivity index (χ0) is 21.2. The van der Waals surface area contributed by atoms with Gasteiger partial charge in [-0.25, -0.2) is 15.0 Å². The van der Waals surface area contributed by atoms with Gasteiger partial charge in [-0.15, -0.1) is 0 Å². The van der Waals surface area contributed by atoms with Gasteiger partial charge >= 0.3 is 0 Å². The van der Waals surface area contributed by atoms with Crippen LogP contribution in [-0.4, -0.2) is 58.0 Å². The molecule has 0 unspecified atom stereocenters. The lowest BCUT2D eigenvalue weighted by molar-refractivity contribution is 0.0869. The maximum Gasteiger partial charge on any atom is 0.289 e. The molecule has 9 nitrogen and oxygen atoms in total. The number of ether oxygens (including phenoxy) is 1. The average molecular weight is 437 g/mol. The normalized spacial score (nSPS) is 17.7. The zero-order valence-corrected chi connectivity index (χ0v) is 17.2. The topological polar surface area (TPSA) is 105 Å². The predicted molar refractivity (Wildman–Crippen MR) is 115 cm³/mol. The van der Waals surface area contributed by atoms with E-state index in [1.807, 2.05) is 18.2 Å². The first-order chi connectivity index (χ1) is 15.0. The standard InChI is InChI=1S/C21H17ClN6O3/c1-28-8-21(9-28)7-23-20(29)19-18(27-21)17-11-2-5-15(26-12(11)3-4-13(17)30-19)31-16-6-14(22)24-10-25-16/h2-6,10,27H,7-9H2,1H3,(H,23,29). The third kappa shape index (κ3) is 2.96. The molecule has 31 heavy (non-hydrogen) atoms. The van der Waals surface area contributed by atoms with Crippen LogP contribution < -0.4 is 15.4 Å². The SMILES string of the molecule is CN1CC2(CNC(=O)c3oc4ccc5nc(Oc6cc(Cl)ncn6)ccc5c4c3N2)C1. The van der Waals surface area contributed by atoms with Crippen LogP contribution in [-0.2, 0) is 0 Å². The Balaban J connectivity index is 1.46. The van der Waals surface area contributed by atoms with Crippen molar-refractivity contribution in [3.05, 3.63) is 47.6 Å². The Morgan fingerprint density at radius 2 is 2.06 bits per heavy atom. The van der Waals surface area contributed by atoms with Crippen LogP contribution in [0.1, 0.15) is 10.6 Å². The highest BCUT2D eigenvalue weighted by Crippen LogP contribution is 2.40. The molecule has 1 spiro atoms. The minimum Gasteiger partial charge on any atom is -0.449 e. The highest BCUT2D eigenvalue weighted by atomic mass is 35.5. The van der Waals surface area contributed by atoms with Gasteiger partial charge in [-0.3, -0.25) is 4.79 Å². The maximum absolute atomic E-state index is 12.7. The third-order valence-electron chi connectivity index (χ3n) is 5.64. The number of hydrogen-bond donors (Lipinski definition) is 2. The van der Waals surface area contributed by atoms with Crippen molar-refractivity contribution in [2.75, 3.05) is 32.0 Å². The number of furan rings is 1. The van der Waals surface area contributed by atoms with Crippen LogP contribution in [0.2, 0.25) is 5.15 Å². The van der Waals surface area contributed by atoms with E-state index in [0.29, 0.717) is 40.9 Å². The second kappa shape index (κ2) is 6.53. The summed E-state index contributed by atoms with van der Waals surface area (Å²) in [6.45, 7) is 2.22. The molecule has 6 rings (SSSR count). The van der Waals surface area contributed by atoms with Gasteiger partial charge in [-0.2, -0.15) is 0 Å². The number of carbonyl (C=O) groups is 1. The molecule has 0 aliphatic carbocycles. The van der Waals surface area contributed by atoms with Gasteiger partial charge in [0.15, 0.2) is 0 Å². The van der Waals surface area contributed by atoms with Crippen molar-refractivity contribution in [1.82, 2.24) is 25.2 Å². The number of pyridine rings is 1. The van der Waals surface area contributed by atoms with Gasteiger partial charge in [-0.05, 0) is 25.2 Å². The van der Waals surface area contributed by atoms with E-state index in [2.05, 4.69) is 37.5 Å². The summed E-state index contributed by atoms with van der Waals surface area (Å²) >= 11 is 5.90. The fourth-order valence-corrected chi connectivity index (χ4v) is 4.55. The van der Waals surface area contributed by atoms with E-state index < -0.39 is 0 Å². The number of likely N-dealkylation sites (N-methyl/N-ethyl adjacent to an activating group) is 1. The highest BCUT2D eigenvalue weighted by Gasteiger charge is 2.45. The number of rotatable bonds is 2. The summed E-state index contributed by atoms with van der Waals surface area (Å²) in [5.41, 5.74) is 1.84. The molecule has 156 valence electrons. The molecule has 3 aromatic heterocycles. The number of nitrogens with one attached hydrogen (secondary N) is 2. The van der Waals surface area contributed by atoms with E-state index in [1.165, 1.54) is 12.4 Å². The van der Waals surface area contributed by atoms with Crippen LogP contribution in [0.15, 0.2) is 41.1 Å². The minimum absolute atomic E-state index is 0.211. The van der Waals surface area contributed by atoms with E-state index in [-0.39, 0.29) is 16.6 Å². The molecule has 0 radical (unpaired) electrons. The summed E-state index contributed by atoms with van der Waals surface area (Å²) in [4.78, 5) is 27.4. The van der Waals surface area contributed by atoms with E-state index in [9.17, 15) is 4.79 Å². The molecule has 2 aliphatic heterocycles. The first kappa shape index (κ1) is 18.3. The van der Waals surface area contributed by atoms with Gasteiger partial charge in [0.25, 0.3) is 5.91 Å². The minimum atomic E-state index is -0.216. The number of anilines is 1. The Kier molecular flexibility index (Phi) is 3.87. The Hall–Kier alpha value is -3.43. The Morgan fingerprint density at radius 1 is 1.19 bits per heavy atom. The monoisotopic (exact) mass is 436 g/mol. The van der Waals surface area contributed by atoms with E-state index in [1.54, 1.807) is 6.07 Å². The van der Waals surface area contributed by atoms with Gasteiger partial charge in [0.1, 0.15) is 17.1 Å². The Morgan fingerprint density at radius 3 is 2.87 bits per heavy atom. The van der Waals surface area contributed by atoms with Crippen molar-refractivity contribution >= 4 is 45.1 Å². The summed E-state index contributed by atoms with van der Waals surface area (Å²) in [5.74, 6) is 0.759. The average Bonchev–Trinajstić information content (AvgIpc) is 3.03. The quantitative estimate of drug-likeness (QED) is 0.462. The predicted octanol–water partition coefficient (Wildman–Crippen LogP) is 3.06. The number of nitrogens with zero attached hydrogens (tertiary/aromatic N) is 4. The molecule has 10 heteroatoms. The smallest absolute Gasteiger partial charge is 0.289 e. The van der Waals surface area contributed by atoms with Gasteiger partial charge in [0.05, 0.1) is 22.1 Å². The molecule has 4 aromatic rings. The van der Waals surface area contributed by atoms with Crippen LogP contribution in [0.5, 0.6) is 11.8 Å². The fourth-order valence-electron chi connectivity index (χ4n) is 4.42. The molecule has 5 heterocycles. The molecule has 0 atom stereocenters. The molecule has 2 N–H and O–H groups in total. The summed E-state index contributed by atoms with van der Waals surface area (Å²) < 4.78 is 11.7. The first-order valence-corrected chi connectivity index (χ1v) is 10.1. The van der Waals surface area contributed by atoms with Crippen molar-refractivity contribution in [2.45, 2.75) is 5.54 Å². The highest BCUT2D eigenvalue weighted by molar-refractivity contribution is 6.29. The van der Waals surface area contributed by atoms with Crippen LogP contribution in [0.3, 0.4) is 0 Å². The second-order valence-electron chi connectivity index (χ2n) is 8.00. The number of halogens is 1. The lowest BCUT2D eigenvalue weighted by Gasteiger charge is -2.48. The molecule has 2 aliphatic rings. The molecular weight excluding hydrogens is 420 g/mol. The number of aromatic nitrogens is 3. The molecule has 0 saturated carbocycles. The summed E-state index contributed by atoms with van der Waals surface area (Å²) in [6.07, 6.45) is 1.33. The lowest BCUT2D eigenvalue weighted by Crippen LogP contribution is -2.68.